The van der Waals surface area contributed by atoms with E-state index >= 15 is 0 Å². The van der Waals surface area contributed by atoms with Gasteiger partial charge in [-0.2, -0.15) is 0 Å². The van der Waals surface area contributed by atoms with E-state index in [2.05, 4.69) is 20.9 Å². The van der Waals surface area contributed by atoms with Gasteiger partial charge in [0, 0.05) is 40.0 Å². The van der Waals surface area contributed by atoms with Crippen molar-refractivity contribution in [1.82, 2.24) is 16.0 Å². The molecule has 0 aromatic heterocycles. The lowest BCUT2D eigenvalue weighted by molar-refractivity contribution is -0.0320. The van der Waals surface area contributed by atoms with Crippen LogP contribution in [0.5, 0.6) is 0 Å². The predicted molar refractivity (Wildman–Crippen MR) is 107 cm³/mol. The van der Waals surface area contributed by atoms with Gasteiger partial charge in [-0.3, -0.25) is 4.99 Å². The molecular formula is C19H38N4O4. The summed E-state index contributed by atoms with van der Waals surface area (Å²) in [5.41, 5.74) is -0.996. The molecule has 1 aliphatic rings. The lowest BCUT2D eigenvalue weighted by Gasteiger charge is -2.29. The van der Waals surface area contributed by atoms with Crippen molar-refractivity contribution in [2.45, 2.75) is 71.1 Å². The van der Waals surface area contributed by atoms with Crippen LogP contribution in [-0.4, -0.2) is 69.3 Å². The highest BCUT2D eigenvalue weighted by molar-refractivity contribution is 5.79. The van der Waals surface area contributed by atoms with E-state index in [-0.39, 0.29) is 0 Å². The summed E-state index contributed by atoms with van der Waals surface area (Å²) in [5, 5.41) is 9.36. The molecule has 0 aromatic rings. The Hall–Kier alpha value is -1.54. The third-order valence-electron chi connectivity index (χ3n) is 3.90. The smallest absolute Gasteiger partial charge is 0.408 e. The minimum atomic E-state index is -0.516. The zero-order valence-electron chi connectivity index (χ0n) is 17.8. The quantitative estimate of drug-likeness (QED) is 0.336. The van der Waals surface area contributed by atoms with E-state index in [9.17, 15) is 4.79 Å². The zero-order chi connectivity index (χ0) is 20.3. The molecule has 1 heterocycles. The molecule has 0 saturated carbocycles. The first-order valence-electron chi connectivity index (χ1n) is 9.76. The van der Waals surface area contributed by atoms with Gasteiger partial charge in [-0.25, -0.2) is 4.79 Å². The number of nitrogens with zero attached hydrogens (tertiary/aromatic N) is 1. The van der Waals surface area contributed by atoms with E-state index in [1.54, 1.807) is 7.05 Å². The molecule has 0 aliphatic carbocycles. The Morgan fingerprint density at radius 3 is 2.41 bits per heavy atom. The highest BCUT2D eigenvalue weighted by Crippen LogP contribution is 2.10. The lowest BCUT2D eigenvalue weighted by Crippen LogP contribution is -2.54. The molecule has 1 rings (SSSR count). The average Bonchev–Trinajstić information content (AvgIpc) is 2.56. The molecule has 0 bridgehead atoms. The number of guanidine groups is 1. The number of aliphatic imine (C=N–C) groups is 1. The molecule has 0 unspecified atom stereocenters. The Balaban J connectivity index is 2.21. The largest absolute Gasteiger partial charge is 0.444 e. The third-order valence-corrected chi connectivity index (χ3v) is 3.90. The van der Waals surface area contributed by atoms with Gasteiger partial charge < -0.3 is 30.2 Å². The summed E-state index contributed by atoms with van der Waals surface area (Å²) in [7, 11) is 1.72. The Kier molecular flexibility index (Phi) is 9.87. The first-order chi connectivity index (χ1) is 12.6. The maximum absolute atomic E-state index is 11.9. The Bertz CT molecular complexity index is 469. The van der Waals surface area contributed by atoms with E-state index in [4.69, 9.17) is 14.2 Å². The molecule has 0 spiro atoms. The van der Waals surface area contributed by atoms with Crippen LogP contribution in [0, 0.1) is 0 Å². The monoisotopic (exact) mass is 386 g/mol. The maximum Gasteiger partial charge on any atom is 0.408 e. The Morgan fingerprint density at radius 2 is 1.81 bits per heavy atom. The van der Waals surface area contributed by atoms with Crippen LogP contribution in [0.4, 0.5) is 4.79 Å². The van der Waals surface area contributed by atoms with E-state index in [1.165, 1.54) is 0 Å². The number of rotatable bonds is 8. The molecule has 1 amide bonds. The maximum atomic E-state index is 11.9. The van der Waals surface area contributed by atoms with Crippen LogP contribution >= 0.6 is 0 Å². The van der Waals surface area contributed by atoms with Crippen LogP contribution in [0.3, 0.4) is 0 Å². The van der Waals surface area contributed by atoms with Crippen LogP contribution in [0.2, 0.25) is 0 Å². The standard InChI is InChI=1S/C19H38N4O4/c1-18(2,3)27-17(24)23-19(4,5)14-22-16(20-6)21-10-7-11-26-15-8-12-25-13-9-15/h15H,7-14H2,1-6H3,(H,23,24)(H2,20,21,22). The number of alkyl carbamates (subject to hydrolysis) is 1. The highest BCUT2D eigenvalue weighted by atomic mass is 16.6. The van der Waals surface area contributed by atoms with Gasteiger partial charge >= 0.3 is 6.09 Å². The molecule has 0 radical (unpaired) electrons. The normalized spacial score (nSPS) is 16.7. The topological polar surface area (TPSA) is 93.2 Å². The molecule has 0 aromatic carbocycles. The van der Waals surface area contributed by atoms with Crippen molar-refractivity contribution >= 4 is 12.1 Å². The molecule has 27 heavy (non-hydrogen) atoms. The molecule has 8 heteroatoms. The summed E-state index contributed by atoms with van der Waals surface area (Å²) in [5.74, 6) is 0.695. The molecule has 3 N–H and O–H groups in total. The SMILES string of the molecule is CN=C(NCCCOC1CCOCC1)NCC(C)(C)NC(=O)OC(C)(C)C. The van der Waals surface area contributed by atoms with Crippen molar-refractivity contribution in [2.75, 3.05) is 40.0 Å². The first kappa shape index (κ1) is 23.5. The fourth-order valence-electron chi connectivity index (χ4n) is 2.52. The summed E-state index contributed by atoms with van der Waals surface area (Å²) in [6, 6.07) is 0. The zero-order valence-corrected chi connectivity index (χ0v) is 17.8. The summed E-state index contributed by atoms with van der Waals surface area (Å²) in [6.07, 6.45) is 2.77. The van der Waals surface area contributed by atoms with Crippen molar-refractivity contribution < 1.29 is 19.0 Å². The summed E-state index contributed by atoms with van der Waals surface area (Å²) in [4.78, 5) is 16.1. The summed E-state index contributed by atoms with van der Waals surface area (Å²) >= 11 is 0. The number of hydrogen-bond acceptors (Lipinski definition) is 5. The van der Waals surface area contributed by atoms with E-state index in [0.29, 0.717) is 18.6 Å². The number of ether oxygens (including phenoxy) is 3. The Labute approximate surface area is 163 Å². The number of amides is 1. The minimum Gasteiger partial charge on any atom is -0.444 e. The van der Waals surface area contributed by atoms with E-state index in [0.717, 1.165) is 45.6 Å². The van der Waals surface area contributed by atoms with Crippen molar-refractivity contribution in [2.24, 2.45) is 4.99 Å². The van der Waals surface area contributed by atoms with Gasteiger partial charge in [0.1, 0.15) is 5.60 Å². The lowest BCUT2D eigenvalue weighted by atomic mass is 10.1. The highest BCUT2D eigenvalue weighted by Gasteiger charge is 2.24. The van der Waals surface area contributed by atoms with E-state index in [1.807, 2.05) is 34.6 Å². The van der Waals surface area contributed by atoms with Crippen molar-refractivity contribution in [1.29, 1.82) is 0 Å². The van der Waals surface area contributed by atoms with Crippen LogP contribution in [-0.2, 0) is 14.2 Å². The van der Waals surface area contributed by atoms with Gasteiger partial charge in [0.05, 0.1) is 11.6 Å². The van der Waals surface area contributed by atoms with Crippen LogP contribution in [0.15, 0.2) is 4.99 Å². The number of hydrogen-bond donors (Lipinski definition) is 3. The van der Waals surface area contributed by atoms with Gasteiger partial charge in [-0.1, -0.05) is 0 Å². The average molecular weight is 387 g/mol. The molecule has 158 valence electrons. The van der Waals surface area contributed by atoms with E-state index < -0.39 is 17.2 Å². The molecule has 0 atom stereocenters. The first-order valence-corrected chi connectivity index (χ1v) is 9.76. The second-order valence-electron chi connectivity index (χ2n) is 8.40. The van der Waals surface area contributed by atoms with Crippen LogP contribution in [0.25, 0.3) is 0 Å². The summed E-state index contributed by atoms with van der Waals surface area (Å²) < 4.78 is 16.5. The number of nitrogens with one attached hydrogen (secondary N) is 3. The second kappa shape index (κ2) is 11.3. The predicted octanol–water partition coefficient (Wildman–Crippen LogP) is 2.04. The van der Waals surface area contributed by atoms with Crippen molar-refractivity contribution in [3.63, 3.8) is 0 Å². The fourth-order valence-corrected chi connectivity index (χ4v) is 2.52. The van der Waals surface area contributed by atoms with Crippen LogP contribution < -0.4 is 16.0 Å². The molecule has 8 nitrogen and oxygen atoms in total. The molecule has 1 fully saturated rings. The fraction of sp³-hybridized carbons (Fsp3) is 0.895. The molecule has 1 saturated heterocycles. The van der Waals surface area contributed by atoms with Crippen molar-refractivity contribution in [3.05, 3.63) is 0 Å². The minimum absolute atomic E-state index is 0.330. The van der Waals surface area contributed by atoms with Gasteiger partial charge in [0.2, 0.25) is 0 Å². The van der Waals surface area contributed by atoms with Gasteiger partial charge in [0.25, 0.3) is 0 Å². The molecule has 1 aliphatic heterocycles. The van der Waals surface area contributed by atoms with Gasteiger partial charge in [-0.15, -0.1) is 0 Å². The van der Waals surface area contributed by atoms with Crippen LogP contribution in [0.1, 0.15) is 53.9 Å². The third kappa shape index (κ3) is 11.7. The van der Waals surface area contributed by atoms with Crippen molar-refractivity contribution in [3.8, 4) is 0 Å². The van der Waals surface area contributed by atoms with Gasteiger partial charge in [0.15, 0.2) is 5.96 Å². The number of carbonyl (C=O) groups is 1. The number of carbonyl (C=O) groups excluding carboxylic acids is 1. The summed E-state index contributed by atoms with van der Waals surface area (Å²) in [6.45, 7) is 13.0. The Morgan fingerprint density at radius 1 is 1.15 bits per heavy atom. The van der Waals surface area contributed by atoms with Gasteiger partial charge in [-0.05, 0) is 53.9 Å². The molecular weight excluding hydrogens is 348 g/mol. The second-order valence-corrected chi connectivity index (χ2v) is 8.40.